The minimum atomic E-state index is -4.57. The molecule has 1 saturated heterocycles. The number of likely N-dealkylation sites (tertiary alicyclic amines) is 1. The molecule has 2 atom stereocenters. The maximum absolute atomic E-state index is 13.9. The second kappa shape index (κ2) is 6.82. The quantitative estimate of drug-likeness (QED) is 0.863. The summed E-state index contributed by atoms with van der Waals surface area (Å²) in [6.45, 7) is -1.81. The summed E-state index contributed by atoms with van der Waals surface area (Å²) in [6.07, 6.45) is -4.06. The molecule has 1 aliphatic heterocycles. The maximum Gasteiger partial charge on any atom is 0.406 e. The lowest BCUT2D eigenvalue weighted by Gasteiger charge is -2.27. The van der Waals surface area contributed by atoms with Crippen LogP contribution in [0.3, 0.4) is 0 Å². The molecule has 1 aliphatic rings. The van der Waals surface area contributed by atoms with E-state index in [9.17, 15) is 26.7 Å². The largest absolute Gasteiger partial charge is 0.406 e. The lowest BCUT2D eigenvalue weighted by molar-refractivity contribution is -0.163. The van der Waals surface area contributed by atoms with Gasteiger partial charge in [0.15, 0.2) is 11.6 Å². The van der Waals surface area contributed by atoms with Gasteiger partial charge in [-0.05, 0) is 24.5 Å². The van der Waals surface area contributed by atoms with Crippen molar-refractivity contribution in [3.05, 3.63) is 35.4 Å². The summed E-state index contributed by atoms with van der Waals surface area (Å²) in [5.41, 5.74) is 5.45. The third-order valence-corrected chi connectivity index (χ3v) is 4.04. The molecule has 2 rings (SSSR count). The lowest BCUT2D eigenvalue weighted by atomic mass is 9.91. The molecule has 1 heterocycles. The molecule has 0 aliphatic carbocycles. The Hall–Kier alpha value is -1.70. The van der Waals surface area contributed by atoms with Crippen molar-refractivity contribution in [3.8, 4) is 0 Å². The van der Waals surface area contributed by atoms with Crippen LogP contribution in [0.4, 0.5) is 22.0 Å². The van der Waals surface area contributed by atoms with Gasteiger partial charge < -0.3 is 10.6 Å². The van der Waals surface area contributed by atoms with Crippen molar-refractivity contribution in [2.45, 2.75) is 24.9 Å². The first-order chi connectivity index (χ1) is 10.7. The predicted molar refractivity (Wildman–Crippen MR) is 73.5 cm³/mol. The van der Waals surface area contributed by atoms with Crippen molar-refractivity contribution in [2.24, 2.45) is 11.7 Å². The minimum absolute atomic E-state index is 0.0114. The highest BCUT2D eigenvalue weighted by atomic mass is 19.4. The Kier molecular flexibility index (Phi) is 5.23. The number of rotatable bonds is 3. The van der Waals surface area contributed by atoms with Crippen molar-refractivity contribution in [3.63, 3.8) is 0 Å². The van der Waals surface area contributed by atoms with Gasteiger partial charge in [-0.1, -0.05) is 12.1 Å². The molecule has 1 fully saturated rings. The second-order valence-corrected chi connectivity index (χ2v) is 5.68. The molecule has 23 heavy (non-hydrogen) atoms. The van der Waals surface area contributed by atoms with E-state index in [0.717, 1.165) is 6.07 Å². The fourth-order valence-electron chi connectivity index (χ4n) is 2.90. The number of hydrogen-bond donors (Lipinski definition) is 1. The third kappa shape index (κ3) is 4.19. The van der Waals surface area contributed by atoms with E-state index in [0.29, 0.717) is 4.90 Å². The summed E-state index contributed by atoms with van der Waals surface area (Å²) in [6, 6.07) is 3.58. The molecule has 0 bridgehead atoms. The van der Waals surface area contributed by atoms with Gasteiger partial charge in [0.1, 0.15) is 6.54 Å². The Labute approximate surface area is 130 Å². The van der Waals surface area contributed by atoms with Crippen molar-refractivity contribution in [1.29, 1.82) is 0 Å². The van der Waals surface area contributed by atoms with E-state index in [4.69, 9.17) is 5.73 Å². The Morgan fingerprint density at radius 3 is 2.52 bits per heavy atom. The van der Waals surface area contributed by atoms with Crippen LogP contribution in [0.1, 0.15) is 24.3 Å². The van der Waals surface area contributed by atoms with E-state index in [1.807, 2.05) is 0 Å². The molecule has 128 valence electrons. The molecule has 8 heteroatoms. The van der Waals surface area contributed by atoms with Crippen molar-refractivity contribution < 1.29 is 26.7 Å². The summed E-state index contributed by atoms with van der Waals surface area (Å²) in [5.74, 6) is -4.27. The summed E-state index contributed by atoms with van der Waals surface area (Å²) >= 11 is 0. The second-order valence-electron chi connectivity index (χ2n) is 5.68. The Bertz CT molecular complexity index is 575. The highest BCUT2D eigenvalue weighted by Gasteiger charge is 2.38. The van der Waals surface area contributed by atoms with Gasteiger partial charge in [-0.25, -0.2) is 8.78 Å². The molecule has 3 nitrogen and oxygen atoms in total. The van der Waals surface area contributed by atoms with Crippen LogP contribution in [-0.2, 0) is 4.79 Å². The van der Waals surface area contributed by atoms with E-state index < -0.39 is 42.1 Å². The first-order valence-corrected chi connectivity index (χ1v) is 7.22. The van der Waals surface area contributed by atoms with E-state index in [2.05, 4.69) is 0 Å². The van der Waals surface area contributed by atoms with E-state index in [1.54, 1.807) is 0 Å². The summed E-state index contributed by atoms with van der Waals surface area (Å²) in [5, 5.41) is 0. The lowest BCUT2D eigenvalue weighted by Crippen LogP contribution is -2.43. The zero-order valence-electron chi connectivity index (χ0n) is 12.2. The number of hydrogen-bond acceptors (Lipinski definition) is 2. The first-order valence-electron chi connectivity index (χ1n) is 7.22. The fraction of sp³-hybridized carbons (Fsp3) is 0.533. The van der Waals surface area contributed by atoms with E-state index in [1.165, 1.54) is 12.1 Å². The standard InChI is InChI=1S/C15H17F5N2O/c16-12-3-1-2-11(13(12)17)10-5-4-9(6-21)14(23)22(7-10)8-15(18,19)20/h1-3,9-10H,4-8,21H2/t9?,10-/m1/s1. The highest BCUT2D eigenvalue weighted by molar-refractivity contribution is 5.79. The average Bonchev–Trinajstić information content (AvgIpc) is 2.60. The number of carbonyl (C=O) groups excluding carboxylic acids is 1. The van der Waals surface area contributed by atoms with Gasteiger partial charge in [0.2, 0.25) is 5.91 Å². The normalized spacial score (nSPS) is 23.0. The Morgan fingerprint density at radius 1 is 1.22 bits per heavy atom. The smallest absolute Gasteiger partial charge is 0.333 e. The van der Waals surface area contributed by atoms with Gasteiger partial charge >= 0.3 is 6.18 Å². The molecule has 1 aromatic carbocycles. The minimum Gasteiger partial charge on any atom is -0.333 e. The molecular weight excluding hydrogens is 319 g/mol. The zero-order valence-corrected chi connectivity index (χ0v) is 12.2. The SMILES string of the molecule is NCC1CC[C@@H](c2cccc(F)c2F)CN(CC(F)(F)F)C1=O. The van der Waals surface area contributed by atoms with Crippen LogP contribution in [0.5, 0.6) is 0 Å². The fourth-order valence-corrected chi connectivity index (χ4v) is 2.90. The number of alkyl halides is 3. The number of halogens is 5. The number of carbonyl (C=O) groups is 1. The van der Waals surface area contributed by atoms with Gasteiger partial charge in [-0.15, -0.1) is 0 Å². The summed E-state index contributed by atoms with van der Waals surface area (Å²) in [4.78, 5) is 12.8. The number of amides is 1. The monoisotopic (exact) mass is 336 g/mol. The molecule has 2 N–H and O–H groups in total. The van der Waals surface area contributed by atoms with Gasteiger partial charge in [0.05, 0.1) is 5.92 Å². The molecule has 1 aromatic rings. The molecule has 0 aromatic heterocycles. The number of nitrogens with two attached hydrogens (primary N) is 1. The molecule has 1 amide bonds. The molecular formula is C15H17F5N2O. The summed E-state index contributed by atoms with van der Waals surface area (Å²) in [7, 11) is 0. The molecule has 1 unspecified atom stereocenters. The highest BCUT2D eigenvalue weighted by Crippen LogP contribution is 2.32. The maximum atomic E-state index is 13.9. The third-order valence-electron chi connectivity index (χ3n) is 4.04. The van der Waals surface area contributed by atoms with Crippen LogP contribution < -0.4 is 5.73 Å². The van der Waals surface area contributed by atoms with Crippen LogP contribution in [0.15, 0.2) is 18.2 Å². The Balaban J connectivity index is 2.31. The van der Waals surface area contributed by atoms with Crippen LogP contribution in [0.25, 0.3) is 0 Å². The number of nitrogens with zero attached hydrogens (tertiary/aromatic N) is 1. The van der Waals surface area contributed by atoms with Gasteiger partial charge in [0, 0.05) is 19.0 Å². The average molecular weight is 336 g/mol. The van der Waals surface area contributed by atoms with Gasteiger partial charge in [-0.3, -0.25) is 4.79 Å². The van der Waals surface area contributed by atoms with Crippen LogP contribution >= 0.6 is 0 Å². The van der Waals surface area contributed by atoms with E-state index in [-0.39, 0.29) is 31.5 Å². The van der Waals surface area contributed by atoms with Gasteiger partial charge in [0.25, 0.3) is 0 Å². The van der Waals surface area contributed by atoms with Crippen molar-refractivity contribution in [1.82, 2.24) is 4.90 Å². The van der Waals surface area contributed by atoms with Crippen molar-refractivity contribution >= 4 is 5.91 Å². The predicted octanol–water partition coefficient (Wildman–Crippen LogP) is 2.81. The van der Waals surface area contributed by atoms with Crippen LogP contribution in [0.2, 0.25) is 0 Å². The summed E-state index contributed by atoms with van der Waals surface area (Å²) < 4.78 is 65.4. The number of benzene rings is 1. The Morgan fingerprint density at radius 2 is 1.91 bits per heavy atom. The van der Waals surface area contributed by atoms with E-state index >= 15 is 0 Å². The zero-order chi connectivity index (χ0) is 17.2. The molecule has 0 spiro atoms. The van der Waals surface area contributed by atoms with Crippen LogP contribution in [-0.4, -0.2) is 36.6 Å². The van der Waals surface area contributed by atoms with Crippen LogP contribution in [0, 0.1) is 17.6 Å². The molecule has 0 saturated carbocycles. The topological polar surface area (TPSA) is 46.3 Å². The first kappa shape index (κ1) is 17.7. The van der Waals surface area contributed by atoms with Crippen molar-refractivity contribution in [2.75, 3.05) is 19.6 Å². The molecule has 0 radical (unpaired) electrons. The van der Waals surface area contributed by atoms with Gasteiger partial charge in [-0.2, -0.15) is 13.2 Å².